The number of thiophene rings is 1. The summed E-state index contributed by atoms with van der Waals surface area (Å²) in [7, 11) is 1.73. The fourth-order valence-electron chi connectivity index (χ4n) is 2.30. The third-order valence-corrected chi connectivity index (χ3v) is 4.73. The van der Waals surface area contributed by atoms with Gasteiger partial charge >= 0.3 is 0 Å². The molecule has 0 atom stereocenters. The van der Waals surface area contributed by atoms with Gasteiger partial charge in [-0.05, 0) is 24.4 Å². The normalized spacial score (nSPS) is 10.9. The van der Waals surface area contributed by atoms with Crippen LogP contribution in [0.25, 0.3) is 10.6 Å². The molecule has 6 nitrogen and oxygen atoms in total. The van der Waals surface area contributed by atoms with Gasteiger partial charge in [-0.2, -0.15) is 10.2 Å². The standard InChI is InChI=1S/C15H16ClN5OS/c1-3-21-13(10(16)8-17-21)9-20(2)15(22)12-7-11(18-19-12)14-5-4-6-23-14/h4-8H,3,9H2,1-2H3,(H,18,19). The van der Waals surface area contributed by atoms with Gasteiger partial charge in [-0.15, -0.1) is 11.3 Å². The third-order valence-electron chi connectivity index (χ3n) is 3.51. The lowest BCUT2D eigenvalue weighted by molar-refractivity contribution is 0.0776. The van der Waals surface area contributed by atoms with Crippen LogP contribution in [0.2, 0.25) is 5.02 Å². The maximum atomic E-state index is 12.5. The van der Waals surface area contributed by atoms with Gasteiger partial charge in [-0.3, -0.25) is 14.6 Å². The largest absolute Gasteiger partial charge is 0.334 e. The van der Waals surface area contributed by atoms with Gasteiger partial charge in [0.25, 0.3) is 5.91 Å². The van der Waals surface area contributed by atoms with Gasteiger partial charge in [-0.25, -0.2) is 0 Å². The predicted molar refractivity (Wildman–Crippen MR) is 90.6 cm³/mol. The minimum atomic E-state index is -0.163. The second-order valence-electron chi connectivity index (χ2n) is 5.06. The molecule has 8 heteroatoms. The highest BCUT2D eigenvalue weighted by Crippen LogP contribution is 2.23. The Balaban J connectivity index is 1.76. The first-order valence-corrected chi connectivity index (χ1v) is 8.40. The summed E-state index contributed by atoms with van der Waals surface area (Å²) in [6.45, 7) is 3.07. The lowest BCUT2D eigenvalue weighted by Gasteiger charge is -2.16. The average Bonchev–Trinajstić information content (AvgIpc) is 3.27. The van der Waals surface area contributed by atoms with Crippen LogP contribution in [-0.4, -0.2) is 37.8 Å². The molecule has 3 aromatic heterocycles. The zero-order valence-electron chi connectivity index (χ0n) is 12.8. The van der Waals surface area contributed by atoms with Crippen molar-refractivity contribution in [2.75, 3.05) is 7.05 Å². The molecule has 1 N–H and O–H groups in total. The maximum absolute atomic E-state index is 12.5. The quantitative estimate of drug-likeness (QED) is 0.768. The number of nitrogens with zero attached hydrogens (tertiary/aromatic N) is 4. The molecule has 3 heterocycles. The monoisotopic (exact) mass is 349 g/mol. The predicted octanol–water partition coefficient (Wildman–Crippen LogP) is 3.28. The molecule has 3 aromatic rings. The second-order valence-corrected chi connectivity index (χ2v) is 6.42. The Hall–Kier alpha value is -2.12. The molecule has 0 aromatic carbocycles. The van der Waals surface area contributed by atoms with Crippen LogP contribution >= 0.6 is 22.9 Å². The van der Waals surface area contributed by atoms with Gasteiger partial charge < -0.3 is 4.90 Å². The summed E-state index contributed by atoms with van der Waals surface area (Å²) in [5, 5.41) is 13.8. The van der Waals surface area contributed by atoms with E-state index >= 15 is 0 Å². The number of hydrogen-bond donors (Lipinski definition) is 1. The van der Waals surface area contributed by atoms with Crippen molar-refractivity contribution in [2.45, 2.75) is 20.0 Å². The summed E-state index contributed by atoms with van der Waals surface area (Å²) in [5.41, 5.74) is 2.04. The molecule has 0 saturated carbocycles. The Kier molecular flexibility index (Phi) is 4.49. The summed E-state index contributed by atoms with van der Waals surface area (Å²) in [5.74, 6) is -0.163. The number of aryl methyl sites for hydroxylation is 1. The molecule has 0 unspecified atom stereocenters. The first kappa shape index (κ1) is 15.8. The molecule has 0 aliphatic heterocycles. The van der Waals surface area contributed by atoms with Gasteiger partial charge in [-0.1, -0.05) is 17.7 Å². The van der Waals surface area contributed by atoms with Crippen LogP contribution < -0.4 is 0 Å². The van der Waals surface area contributed by atoms with Crippen LogP contribution in [0, 0.1) is 0 Å². The van der Waals surface area contributed by atoms with Crippen LogP contribution in [0.1, 0.15) is 23.1 Å². The van der Waals surface area contributed by atoms with Crippen LogP contribution in [0.4, 0.5) is 0 Å². The van der Waals surface area contributed by atoms with Crippen molar-refractivity contribution in [2.24, 2.45) is 0 Å². The molecule has 0 saturated heterocycles. The summed E-state index contributed by atoms with van der Waals surface area (Å²) in [6.07, 6.45) is 1.60. The lowest BCUT2D eigenvalue weighted by Crippen LogP contribution is -2.28. The number of carbonyl (C=O) groups is 1. The van der Waals surface area contributed by atoms with Crippen molar-refractivity contribution in [3.63, 3.8) is 0 Å². The van der Waals surface area contributed by atoms with E-state index in [0.29, 0.717) is 23.8 Å². The molecule has 0 spiro atoms. The third kappa shape index (κ3) is 3.16. The Morgan fingerprint density at radius 1 is 1.52 bits per heavy atom. The summed E-state index contributed by atoms with van der Waals surface area (Å²) < 4.78 is 1.79. The number of rotatable bonds is 5. The van der Waals surface area contributed by atoms with Crippen LogP contribution in [0.5, 0.6) is 0 Å². The van der Waals surface area contributed by atoms with Crippen LogP contribution in [0.15, 0.2) is 29.8 Å². The topological polar surface area (TPSA) is 66.8 Å². The first-order valence-electron chi connectivity index (χ1n) is 7.15. The Bertz CT molecular complexity index is 808. The highest BCUT2D eigenvalue weighted by molar-refractivity contribution is 7.13. The second kappa shape index (κ2) is 6.55. The minimum absolute atomic E-state index is 0.163. The van der Waals surface area contributed by atoms with E-state index in [1.807, 2.05) is 24.4 Å². The van der Waals surface area contributed by atoms with E-state index in [-0.39, 0.29) is 5.91 Å². The molecule has 0 bridgehead atoms. The summed E-state index contributed by atoms with van der Waals surface area (Å²) in [4.78, 5) is 15.2. The Morgan fingerprint density at radius 3 is 3.04 bits per heavy atom. The molecule has 0 fully saturated rings. The van der Waals surface area contributed by atoms with E-state index in [9.17, 15) is 4.79 Å². The van der Waals surface area contributed by atoms with E-state index in [4.69, 9.17) is 11.6 Å². The van der Waals surface area contributed by atoms with Gasteiger partial charge in [0.05, 0.1) is 34.0 Å². The number of aromatic amines is 1. The van der Waals surface area contributed by atoms with Gasteiger partial charge in [0, 0.05) is 13.6 Å². The highest BCUT2D eigenvalue weighted by Gasteiger charge is 2.19. The summed E-state index contributed by atoms with van der Waals surface area (Å²) >= 11 is 7.74. The Labute approximate surface area is 142 Å². The van der Waals surface area contributed by atoms with Crippen molar-refractivity contribution >= 4 is 28.8 Å². The minimum Gasteiger partial charge on any atom is -0.334 e. The highest BCUT2D eigenvalue weighted by atomic mass is 35.5. The molecule has 0 aliphatic carbocycles. The van der Waals surface area contributed by atoms with Crippen molar-refractivity contribution < 1.29 is 4.79 Å². The van der Waals surface area contributed by atoms with E-state index < -0.39 is 0 Å². The number of halogens is 1. The molecular formula is C15H16ClN5OS. The molecule has 1 amide bonds. The number of H-pyrrole nitrogens is 1. The van der Waals surface area contributed by atoms with Gasteiger partial charge in [0.15, 0.2) is 5.69 Å². The van der Waals surface area contributed by atoms with Gasteiger partial charge in [0.1, 0.15) is 0 Å². The number of nitrogens with one attached hydrogen (secondary N) is 1. The van der Waals surface area contributed by atoms with E-state index in [2.05, 4.69) is 15.3 Å². The fraction of sp³-hybridized carbons (Fsp3) is 0.267. The fourth-order valence-corrected chi connectivity index (χ4v) is 3.19. The van der Waals surface area contributed by atoms with Crippen molar-refractivity contribution in [1.82, 2.24) is 24.9 Å². The lowest BCUT2D eigenvalue weighted by atomic mass is 10.3. The number of hydrogen-bond acceptors (Lipinski definition) is 4. The van der Waals surface area contributed by atoms with Crippen molar-refractivity contribution in [3.8, 4) is 10.6 Å². The molecule has 120 valence electrons. The molecule has 0 radical (unpaired) electrons. The molecule has 23 heavy (non-hydrogen) atoms. The molecule has 3 rings (SSSR count). The number of aromatic nitrogens is 4. The summed E-state index contributed by atoms with van der Waals surface area (Å²) in [6, 6.07) is 5.71. The number of carbonyl (C=O) groups excluding carboxylic acids is 1. The Morgan fingerprint density at radius 2 is 2.35 bits per heavy atom. The van der Waals surface area contributed by atoms with Crippen LogP contribution in [-0.2, 0) is 13.1 Å². The zero-order chi connectivity index (χ0) is 16.4. The number of amides is 1. The maximum Gasteiger partial charge on any atom is 0.274 e. The van der Waals surface area contributed by atoms with E-state index in [0.717, 1.165) is 16.3 Å². The van der Waals surface area contributed by atoms with E-state index in [1.165, 1.54) is 0 Å². The van der Waals surface area contributed by atoms with Crippen LogP contribution in [0.3, 0.4) is 0 Å². The smallest absolute Gasteiger partial charge is 0.274 e. The zero-order valence-corrected chi connectivity index (χ0v) is 14.4. The average molecular weight is 350 g/mol. The van der Waals surface area contributed by atoms with Crippen molar-refractivity contribution in [1.29, 1.82) is 0 Å². The van der Waals surface area contributed by atoms with Gasteiger partial charge in [0.2, 0.25) is 0 Å². The van der Waals surface area contributed by atoms with Crippen molar-refractivity contribution in [3.05, 3.63) is 46.2 Å². The van der Waals surface area contributed by atoms with E-state index in [1.54, 1.807) is 40.2 Å². The molecular weight excluding hydrogens is 334 g/mol. The molecule has 0 aliphatic rings. The first-order chi connectivity index (χ1) is 11.1. The SMILES string of the molecule is CCn1ncc(Cl)c1CN(C)C(=O)c1cc(-c2cccs2)[nH]n1.